The maximum Gasteiger partial charge on any atom is 0.150 e. The summed E-state index contributed by atoms with van der Waals surface area (Å²) in [5.74, 6) is 0. The summed E-state index contributed by atoms with van der Waals surface area (Å²) >= 11 is 0. The molecule has 0 heterocycles. The van der Waals surface area contributed by atoms with Gasteiger partial charge in [-0.3, -0.25) is 4.79 Å². The maximum absolute atomic E-state index is 10.7. The van der Waals surface area contributed by atoms with Crippen LogP contribution in [0.4, 0.5) is 0 Å². The van der Waals surface area contributed by atoms with Gasteiger partial charge in [-0.05, 0) is 12.0 Å². The van der Waals surface area contributed by atoms with Gasteiger partial charge in [-0.1, -0.05) is 24.3 Å². The maximum atomic E-state index is 10.7. The molecule has 0 aromatic heterocycles. The molecule has 0 saturated heterocycles. The molecule has 76 valence electrons. The van der Waals surface area contributed by atoms with Gasteiger partial charge in [-0.2, -0.15) is 0 Å². The van der Waals surface area contributed by atoms with Crippen LogP contribution in [0.1, 0.15) is 15.9 Å². The second-order valence-corrected chi connectivity index (χ2v) is 2.88. The molecule has 0 aliphatic heterocycles. The Kier molecular flexibility index (Phi) is 4.89. The Hall–Kier alpha value is -1.19. The van der Waals surface area contributed by atoms with Crippen LogP contribution in [0.3, 0.4) is 0 Å². The van der Waals surface area contributed by atoms with E-state index in [1.807, 2.05) is 18.2 Å². The molecule has 0 atom stereocenters. The molecular weight excluding hydrogens is 180 g/mol. The molecule has 0 aliphatic carbocycles. The van der Waals surface area contributed by atoms with Gasteiger partial charge in [0, 0.05) is 12.7 Å². The first kappa shape index (κ1) is 10.9. The van der Waals surface area contributed by atoms with Crippen LogP contribution in [-0.4, -0.2) is 26.8 Å². The minimum absolute atomic E-state index is 0.295. The summed E-state index contributed by atoms with van der Waals surface area (Å²) in [4.78, 5) is 10.7. The number of hydrogen-bond donors (Lipinski definition) is 0. The van der Waals surface area contributed by atoms with Crippen LogP contribution in [0.2, 0.25) is 0 Å². The molecule has 0 N–H and O–H groups in total. The van der Waals surface area contributed by atoms with Gasteiger partial charge in [0.05, 0.1) is 6.61 Å². The lowest BCUT2D eigenvalue weighted by Gasteiger charge is -2.04. The van der Waals surface area contributed by atoms with Crippen molar-refractivity contribution in [3.8, 4) is 0 Å². The molecule has 0 aliphatic rings. The first-order valence-corrected chi connectivity index (χ1v) is 4.48. The molecule has 3 heteroatoms. The fourth-order valence-electron chi connectivity index (χ4n) is 1.20. The minimum Gasteiger partial charge on any atom is -0.359 e. The smallest absolute Gasteiger partial charge is 0.150 e. The molecule has 1 rings (SSSR count). The van der Waals surface area contributed by atoms with E-state index in [-0.39, 0.29) is 0 Å². The fourth-order valence-corrected chi connectivity index (χ4v) is 1.20. The molecule has 14 heavy (non-hydrogen) atoms. The third-order valence-corrected chi connectivity index (χ3v) is 1.90. The largest absolute Gasteiger partial charge is 0.359 e. The number of methoxy groups -OCH3 is 1. The lowest BCUT2D eigenvalue weighted by Crippen LogP contribution is -2.03. The summed E-state index contributed by atoms with van der Waals surface area (Å²) in [6.45, 7) is 0.863. The fraction of sp³-hybridized carbons (Fsp3) is 0.364. The summed E-state index contributed by atoms with van der Waals surface area (Å²) in [6, 6.07) is 7.50. The van der Waals surface area contributed by atoms with Crippen LogP contribution < -0.4 is 0 Å². The SMILES string of the molecule is COCOCCc1ccccc1C=O. The van der Waals surface area contributed by atoms with Gasteiger partial charge in [0.2, 0.25) is 0 Å². The van der Waals surface area contributed by atoms with Crippen molar-refractivity contribution in [2.24, 2.45) is 0 Å². The quantitative estimate of drug-likeness (QED) is 0.392. The standard InChI is InChI=1S/C11H14O3/c1-13-9-14-7-6-10-4-2-3-5-11(10)8-12/h2-5,8H,6-7,9H2,1H3. The summed E-state index contributed by atoms with van der Waals surface area (Å²) < 4.78 is 9.89. The number of hydrogen-bond acceptors (Lipinski definition) is 3. The Morgan fingerprint density at radius 2 is 2.14 bits per heavy atom. The predicted octanol–water partition coefficient (Wildman–Crippen LogP) is 1.66. The molecule has 0 radical (unpaired) electrons. The monoisotopic (exact) mass is 194 g/mol. The topological polar surface area (TPSA) is 35.5 Å². The van der Waals surface area contributed by atoms with Gasteiger partial charge in [0.1, 0.15) is 13.1 Å². The highest BCUT2D eigenvalue weighted by atomic mass is 16.7. The van der Waals surface area contributed by atoms with Crippen LogP contribution >= 0.6 is 0 Å². The van der Waals surface area contributed by atoms with Crippen molar-refractivity contribution in [3.05, 3.63) is 35.4 Å². The number of aldehydes is 1. The normalized spacial score (nSPS) is 10.1. The van der Waals surface area contributed by atoms with Gasteiger partial charge in [-0.15, -0.1) is 0 Å². The number of rotatable bonds is 6. The summed E-state index contributed by atoms with van der Waals surface area (Å²) in [6.07, 6.45) is 1.60. The van der Waals surface area contributed by atoms with Crippen molar-refractivity contribution in [2.75, 3.05) is 20.5 Å². The van der Waals surface area contributed by atoms with E-state index in [9.17, 15) is 4.79 Å². The molecule has 0 saturated carbocycles. The molecule has 0 bridgehead atoms. The van der Waals surface area contributed by atoms with E-state index in [4.69, 9.17) is 9.47 Å². The Morgan fingerprint density at radius 1 is 1.36 bits per heavy atom. The highest BCUT2D eigenvalue weighted by Gasteiger charge is 1.99. The van der Waals surface area contributed by atoms with E-state index in [1.165, 1.54) is 0 Å². The molecule has 0 unspecified atom stereocenters. The van der Waals surface area contributed by atoms with Gasteiger partial charge in [-0.25, -0.2) is 0 Å². The Balaban J connectivity index is 2.45. The van der Waals surface area contributed by atoms with E-state index in [1.54, 1.807) is 13.2 Å². The van der Waals surface area contributed by atoms with E-state index in [2.05, 4.69) is 0 Å². The van der Waals surface area contributed by atoms with E-state index >= 15 is 0 Å². The second kappa shape index (κ2) is 6.29. The zero-order valence-corrected chi connectivity index (χ0v) is 8.23. The first-order valence-electron chi connectivity index (χ1n) is 4.48. The van der Waals surface area contributed by atoms with Crippen molar-refractivity contribution in [3.63, 3.8) is 0 Å². The second-order valence-electron chi connectivity index (χ2n) is 2.88. The van der Waals surface area contributed by atoms with Crippen molar-refractivity contribution in [2.45, 2.75) is 6.42 Å². The summed E-state index contributed by atoms with van der Waals surface area (Å²) in [7, 11) is 1.58. The van der Waals surface area contributed by atoms with Gasteiger partial charge in [0.25, 0.3) is 0 Å². The average Bonchev–Trinajstić information content (AvgIpc) is 2.25. The van der Waals surface area contributed by atoms with Crippen molar-refractivity contribution in [1.29, 1.82) is 0 Å². The van der Waals surface area contributed by atoms with Gasteiger partial charge < -0.3 is 9.47 Å². The highest BCUT2D eigenvalue weighted by molar-refractivity contribution is 5.77. The number of carbonyl (C=O) groups is 1. The molecule has 1 aromatic rings. The Bertz CT molecular complexity index is 284. The molecule has 0 fully saturated rings. The summed E-state index contributed by atoms with van der Waals surface area (Å²) in [5.41, 5.74) is 1.74. The van der Waals surface area contributed by atoms with E-state index < -0.39 is 0 Å². The predicted molar refractivity (Wildman–Crippen MR) is 53.4 cm³/mol. The minimum atomic E-state index is 0.295. The molecular formula is C11H14O3. The van der Waals surface area contributed by atoms with Crippen molar-refractivity contribution in [1.82, 2.24) is 0 Å². The Morgan fingerprint density at radius 3 is 2.86 bits per heavy atom. The average molecular weight is 194 g/mol. The first-order chi connectivity index (χ1) is 6.88. The third-order valence-electron chi connectivity index (χ3n) is 1.90. The van der Waals surface area contributed by atoms with Gasteiger partial charge in [0.15, 0.2) is 0 Å². The Labute approximate surface area is 83.6 Å². The van der Waals surface area contributed by atoms with Crippen LogP contribution in [-0.2, 0) is 15.9 Å². The van der Waals surface area contributed by atoms with Crippen LogP contribution in [0, 0.1) is 0 Å². The van der Waals surface area contributed by atoms with E-state index in [0.29, 0.717) is 13.4 Å². The van der Waals surface area contributed by atoms with Crippen molar-refractivity contribution < 1.29 is 14.3 Å². The van der Waals surface area contributed by atoms with Crippen LogP contribution in [0.5, 0.6) is 0 Å². The molecule has 0 spiro atoms. The molecule has 1 aromatic carbocycles. The number of ether oxygens (including phenoxy) is 2. The summed E-state index contributed by atoms with van der Waals surface area (Å²) in [5, 5.41) is 0. The number of carbonyl (C=O) groups excluding carboxylic acids is 1. The molecule has 0 amide bonds. The molecule has 3 nitrogen and oxygen atoms in total. The van der Waals surface area contributed by atoms with Crippen LogP contribution in [0.25, 0.3) is 0 Å². The van der Waals surface area contributed by atoms with E-state index in [0.717, 1.165) is 23.8 Å². The zero-order chi connectivity index (χ0) is 10.2. The zero-order valence-electron chi connectivity index (χ0n) is 8.23. The third kappa shape index (κ3) is 3.28. The van der Waals surface area contributed by atoms with Crippen molar-refractivity contribution >= 4 is 6.29 Å². The van der Waals surface area contributed by atoms with Crippen LogP contribution in [0.15, 0.2) is 24.3 Å². The highest BCUT2D eigenvalue weighted by Crippen LogP contribution is 2.06. The number of benzene rings is 1. The van der Waals surface area contributed by atoms with Gasteiger partial charge >= 0.3 is 0 Å². The lowest BCUT2D eigenvalue weighted by molar-refractivity contribution is -0.0291. The lowest BCUT2D eigenvalue weighted by atomic mass is 10.1.